The summed E-state index contributed by atoms with van der Waals surface area (Å²) in [4.78, 5) is 40.1. The molecule has 174 valence electrons. The van der Waals surface area contributed by atoms with Gasteiger partial charge in [-0.1, -0.05) is 12.1 Å². The van der Waals surface area contributed by atoms with Gasteiger partial charge in [0.1, 0.15) is 11.6 Å². The van der Waals surface area contributed by atoms with Gasteiger partial charge < -0.3 is 24.8 Å². The van der Waals surface area contributed by atoms with E-state index in [9.17, 15) is 19.5 Å². The van der Waals surface area contributed by atoms with E-state index in [1.165, 1.54) is 12.0 Å². The Kier molecular flexibility index (Phi) is 6.78. The van der Waals surface area contributed by atoms with Crippen LogP contribution >= 0.6 is 0 Å². The van der Waals surface area contributed by atoms with Crippen molar-refractivity contribution in [1.82, 2.24) is 10.2 Å². The summed E-state index contributed by atoms with van der Waals surface area (Å²) in [6.07, 6.45) is 0.957. The van der Waals surface area contributed by atoms with E-state index in [0.717, 1.165) is 36.1 Å². The van der Waals surface area contributed by atoms with Crippen LogP contribution in [0.5, 0.6) is 0 Å². The normalized spacial score (nSPS) is 19.6. The lowest BCUT2D eigenvalue weighted by Gasteiger charge is -2.38. The molecule has 0 bridgehead atoms. The molecule has 1 aromatic carbocycles. The zero-order valence-corrected chi connectivity index (χ0v) is 19.2. The number of alkyl carbamates (subject to hydrolysis) is 1. The molecule has 0 fully saturated rings. The molecule has 1 heterocycles. The smallest absolute Gasteiger partial charge is 0.408 e. The molecule has 2 atom stereocenters. The summed E-state index contributed by atoms with van der Waals surface area (Å²) < 4.78 is 10.0. The second-order valence-corrected chi connectivity index (χ2v) is 9.00. The molecule has 0 saturated carbocycles. The van der Waals surface area contributed by atoms with Crippen molar-refractivity contribution in [1.29, 1.82) is 0 Å². The van der Waals surface area contributed by atoms with Gasteiger partial charge in [0.05, 0.1) is 7.11 Å². The molecule has 2 N–H and O–H groups in total. The molecule has 9 heteroatoms. The van der Waals surface area contributed by atoms with Crippen LogP contribution in [0.15, 0.2) is 35.5 Å². The highest BCUT2D eigenvalue weighted by molar-refractivity contribution is 5.95. The molecule has 3 amide bonds. The number of ether oxygens (including phenoxy) is 2. The molecular weight excluding hydrogens is 414 g/mol. The van der Waals surface area contributed by atoms with Crippen LogP contribution in [0.1, 0.15) is 45.6 Å². The van der Waals surface area contributed by atoms with Gasteiger partial charge in [0.2, 0.25) is 0 Å². The molecule has 32 heavy (non-hydrogen) atoms. The first kappa shape index (κ1) is 23.6. The van der Waals surface area contributed by atoms with E-state index in [0.29, 0.717) is 5.69 Å². The number of rotatable bonds is 5. The summed E-state index contributed by atoms with van der Waals surface area (Å²) in [5, 5.41) is 13.3. The molecule has 1 unspecified atom stereocenters. The highest BCUT2D eigenvalue weighted by atomic mass is 16.6. The summed E-state index contributed by atoms with van der Waals surface area (Å²) in [7, 11) is 2.97. The molecule has 0 aromatic heterocycles. The van der Waals surface area contributed by atoms with Crippen LogP contribution in [-0.2, 0) is 20.7 Å². The standard InChI is InChI=1S/C23H31N3O6/c1-23(2,3)32-21(29)24-17(20(28)31-5)13-14-9-11-15(12-10-14)26-19(27)16-7-6-8-18(16)25(4)22(26)30/h9-12,17,19,27H,6-8,13H2,1-5H3,(H,24,29)/t17-,19?/m0/s1. The minimum atomic E-state index is -0.987. The largest absolute Gasteiger partial charge is 0.467 e. The monoisotopic (exact) mass is 445 g/mol. The number of allylic oxidation sites excluding steroid dienone is 1. The maximum absolute atomic E-state index is 12.8. The molecule has 3 rings (SSSR count). The Morgan fingerprint density at radius 1 is 1.22 bits per heavy atom. The van der Waals surface area contributed by atoms with Crippen molar-refractivity contribution in [3.63, 3.8) is 0 Å². The maximum Gasteiger partial charge on any atom is 0.408 e. The number of carbonyl (C=O) groups excluding carboxylic acids is 3. The van der Waals surface area contributed by atoms with E-state index in [2.05, 4.69) is 5.32 Å². The van der Waals surface area contributed by atoms with Crippen LogP contribution in [0, 0.1) is 0 Å². The number of urea groups is 1. The number of hydrogen-bond acceptors (Lipinski definition) is 6. The Labute approximate surface area is 188 Å². The van der Waals surface area contributed by atoms with Gasteiger partial charge in [0.15, 0.2) is 6.23 Å². The molecule has 0 saturated heterocycles. The van der Waals surface area contributed by atoms with Crippen LogP contribution in [0.2, 0.25) is 0 Å². The Hall–Kier alpha value is -3.07. The average molecular weight is 446 g/mol. The molecular formula is C23H31N3O6. The van der Waals surface area contributed by atoms with E-state index >= 15 is 0 Å². The fourth-order valence-electron chi connectivity index (χ4n) is 4.02. The lowest BCUT2D eigenvalue weighted by Crippen LogP contribution is -2.51. The van der Waals surface area contributed by atoms with Crippen molar-refractivity contribution in [2.45, 2.75) is 64.3 Å². The van der Waals surface area contributed by atoms with Crippen molar-refractivity contribution in [3.05, 3.63) is 41.1 Å². The molecule has 1 aliphatic carbocycles. The molecule has 0 radical (unpaired) electrons. The number of aliphatic hydroxyl groups is 1. The van der Waals surface area contributed by atoms with Crippen molar-refractivity contribution in [3.8, 4) is 0 Å². The van der Waals surface area contributed by atoms with E-state index in [-0.39, 0.29) is 12.5 Å². The number of methoxy groups -OCH3 is 1. The van der Waals surface area contributed by atoms with E-state index in [1.54, 1.807) is 57.0 Å². The van der Waals surface area contributed by atoms with Crippen LogP contribution < -0.4 is 10.2 Å². The number of nitrogens with one attached hydrogen (secondary N) is 1. The maximum atomic E-state index is 12.8. The van der Waals surface area contributed by atoms with Crippen molar-refractivity contribution in [2.24, 2.45) is 0 Å². The molecule has 2 aliphatic rings. The fraction of sp³-hybridized carbons (Fsp3) is 0.522. The van der Waals surface area contributed by atoms with Gasteiger partial charge in [-0.2, -0.15) is 0 Å². The number of carbonyl (C=O) groups is 3. The third kappa shape index (κ3) is 5.04. The van der Waals surface area contributed by atoms with Crippen LogP contribution in [-0.4, -0.2) is 60.1 Å². The average Bonchev–Trinajstić information content (AvgIpc) is 3.21. The first-order chi connectivity index (χ1) is 15.0. The first-order valence-corrected chi connectivity index (χ1v) is 10.6. The van der Waals surface area contributed by atoms with Gasteiger partial charge in [-0.25, -0.2) is 14.4 Å². The topological polar surface area (TPSA) is 108 Å². The van der Waals surface area contributed by atoms with Crippen molar-refractivity contribution >= 4 is 23.8 Å². The summed E-state index contributed by atoms with van der Waals surface area (Å²) in [6, 6.07) is 5.71. The summed E-state index contributed by atoms with van der Waals surface area (Å²) in [5.74, 6) is -0.594. The fourth-order valence-corrected chi connectivity index (χ4v) is 4.02. The SMILES string of the molecule is COC(=O)[C@H](Cc1ccc(N2C(=O)N(C)C3=C(CCC3)C2O)cc1)NC(=O)OC(C)(C)C. The third-order valence-corrected chi connectivity index (χ3v) is 5.52. The highest BCUT2D eigenvalue weighted by Gasteiger charge is 2.39. The quantitative estimate of drug-likeness (QED) is 0.675. The molecule has 1 aromatic rings. The van der Waals surface area contributed by atoms with Gasteiger partial charge in [-0.15, -0.1) is 0 Å². The lowest BCUT2D eigenvalue weighted by atomic mass is 10.0. The van der Waals surface area contributed by atoms with Gasteiger partial charge in [0, 0.05) is 24.9 Å². The lowest BCUT2D eigenvalue weighted by molar-refractivity contribution is -0.143. The highest BCUT2D eigenvalue weighted by Crippen LogP contribution is 2.37. The Morgan fingerprint density at radius 2 is 1.88 bits per heavy atom. The van der Waals surface area contributed by atoms with Crippen LogP contribution in [0.4, 0.5) is 15.3 Å². The van der Waals surface area contributed by atoms with Crippen LogP contribution in [0.3, 0.4) is 0 Å². The van der Waals surface area contributed by atoms with E-state index < -0.39 is 29.9 Å². The summed E-state index contributed by atoms with van der Waals surface area (Å²) >= 11 is 0. The predicted molar refractivity (Wildman–Crippen MR) is 118 cm³/mol. The van der Waals surface area contributed by atoms with Gasteiger partial charge in [-0.05, 0) is 63.3 Å². The minimum absolute atomic E-state index is 0.178. The van der Waals surface area contributed by atoms with Crippen molar-refractivity contribution in [2.75, 3.05) is 19.1 Å². The second kappa shape index (κ2) is 9.20. The molecule has 9 nitrogen and oxygen atoms in total. The molecule has 1 aliphatic heterocycles. The second-order valence-electron chi connectivity index (χ2n) is 9.00. The summed E-state index contributed by atoms with van der Waals surface area (Å²) in [5.41, 5.74) is 2.38. The summed E-state index contributed by atoms with van der Waals surface area (Å²) in [6.45, 7) is 5.20. The number of anilines is 1. The Morgan fingerprint density at radius 3 is 2.47 bits per heavy atom. The number of aliphatic hydroxyl groups excluding tert-OH is 1. The van der Waals surface area contributed by atoms with Crippen LogP contribution in [0.25, 0.3) is 0 Å². The van der Waals surface area contributed by atoms with Gasteiger partial charge in [-0.3, -0.25) is 4.90 Å². The number of esters is 1. The number of nitrogens with zero attached hydrogens (tertiary/aromatic N) is 2. The Balaban J connectivity index is 1.74. The predicted octanol–water partition coefficient (Wildman–Crippen LogP) is 2.92. The molecule has 0 spiro atoms. The number of amides is 3. The van der Waals surface area contributed by atoms with Gasteiger partial charge in [0.25, 0.3) is 0 Å². The van der Waals surface area contributed by atoms with Gasteiger partial charge >= 0.3 is 18.1 Å². The van der Waals surface area contributed by atoms with Crippen molar-refractivity contribution < 1.29 is 29.0 Å². The number of hydrogen-bond donors (Lipinski definition) is 2. The number of benzene rings is 1. The zero-order valence-electron chi connectivity index (χ0n) is 19.2. The third-order valence-electron chi connectivity index (χ3n) is 5.52. The van der Waals surface area contributed by atoms with E-state index in [1.807, 2.05) is 0 Å². The van der Waals surface area contributed by atoms with E-state index in [4.69, 9.17) is 9.47 Å². The zero-order chi connectivity index (χ0) is 23.6. The Bertz CT molecular complexity index is 919. The minimum Gasteiger partial charge on any atom is -0.467 e. The first-order valence-electron chi connectivity index (χ1n) is 10.6.